The van der Waals surface area contributed by atoms with Gasteiger partial charge in [0.1, 0.15) is 0 Å². The largest absolute Gasteiger partial charge is 0.494 e. The molecule has 1 atom stereocenters. The van der Waals surface area contributed by atoms with Gasteiger partial charge < -0.3 is 10.5 Å². The van der Waals surface area contributed by atoms with Gasteiger partial charge in [-0.05, 0) is 43.5 Å². The summed E-state index contributed by atoms with van der Waals surface area (Å²) in [5.74, 6) is -0.481. The lowest BCUT2D eigenvalue weighted by molar-refractivity contribution is 0.271. The van der Waals surface area contributed by atoms with E-state index in [1.54, 1.807) is 0 Å². The van der Waals surface area contributed by atoms with E-state index in [1.165, 1.54) is 23.5 Å². The second-order valence-corrected chi connectivity index (χ2v) is 6.84. The van der Waals surface area contributed by atoms with Crippen LogP contribution in [0.3, 0.4) is 0 Å². The van der Waals surface area contributed by atoms with Crippen LogP contribution in [0.15, 0.2) is 23.1 Å². The van der Waals surface area contributed by atoms with Gasteiger partial charge in [0.25, 0.3) is 0 Å². The summed E-state index contributed by atoms with van der Waals surface area (Å²) < 4.78 is 44.8. The zero-order valence-corrected chi connectivity index (χ0v) is 13.4. The van der Waals surface area contributed by atoms with Crippen LogP contribution in [0.25, 0.3) is 0 Å². The molecule has 0 amide bonds. The number of nitrogens with two attached hydrogens (primary N) is 1. The average molecular weight is 339 g/mol. The standard InChI is InChI=1S/C13H19FN2O3S.ClH/c1-19-13-5-4-11(7-12(13)14)20(17,18)16-6-2-3-10(8-15)9-16;/h4-5,7,10H,2-3,6,8-9,15H2,1H3;1H. The van der Waals surface area contributed by atoms with Gasteiger partial charge >= 0.3 is 0 Å². The molecule has 0 aliphatic carbocycles. The average Bonchev–Trinajstić information content (AvgIpc) is 2.47. The third-order valence-electron chi connectivity index (χ3n) is 3.58. The van der Waals surface area contributed by atoms with Crippen molar-refractivity contribution in [2.45, 2.75) is 17.7 Å². The molecule has 1 aliphatic rings. The monoisotopic (exact) mass is 338 g/mol. The van der Waals surface area contributed by atoms with E-state index in [-0.39, 0.29) is 29.0 Å². The van der Waals surface area contributed by atoms with E-state index >= 15 is 0 Å². The van der Waals surface area contributed by atoms with E-state index < -0.39 is 15.8 Å². The summed E-state index contributed by atoms with van der Waals surface area (Å²) in [7, 11) is -2.33. The molecule has 0 bridgehead atoms. The van der Waals surface area contributed by atoms with Crippen molar-refractivity contribution in [2.24, 2.45) is 11.7 Å². The van der Waals surface area contributed by atoms with E-state index in [9.17, 15) is 12.8 Å². The van der Waals surface area contributed by atoms with Crippen LogP contribution in [0, 0.1) is 11.7 Å². The van der Waals surface area contributed by atoms with Crippen LogP contribution in [0.5, 0.6) is 5.75 Å². The molecule has 8 heteroatoms. The van der Waals surface area contributed by atoms with Crippen LogP contribution < -0.4 is 10.5 Å². The molecule has 21 heavy (non-hydrogen) atoms. The van der Waals surface area contributed by atoms with Crippen LogP contribution >= 0.6 is 12.4 Å². The molecule has 1 aromatic carbocycles. The van der Waals surface area contributed by atoms with Crippen molar-refractivity contribution in [3.8, 4) is 5.75 Å². The Morgan fingerprint density at radius 3 is 2.76 bits per heavy atom. The minimum atomic E-state index is -3.67. The molecule has 1 aromatic rings. The summed E-state index contributed by atoms with van der Waals surface area (Å²) in [6.07, 6.45) is 1.71. The number of sulfonamides is 1. The first kappa shape index (κ1) is 18.2. The van der Waals surface area contributed by atoms with E-state index in [0.717, 1.165) is 18.9 Å². The minimum Gasteiger partial charge on any atom is -0.494 e. The number of halogens is 2. The Morgan fingerprint density at radius 2 is 2.19 bits per heavy atom. The molecule has 1 fully saturated rings. The van der Waals surface area contributed by atoms with Gasteiger partial charge in [-0.25, -0.2) is 12.8 Å². The van der Waals surface area contributed by atoms with Gasteiger partial charge in [-0.1, -0.05) is 0 Å². The third-order valence-corrected chi connectivity index (χ3v) is 5.44. The normalized spacial score (nSPS) is 19.9. The molecule has 1 aliphatic heterocycles. The van der Waals surface area contributed by atoms with Gasteiger partial charge in [0.05, 0.1) is 12.0 Å². The van der Waals surface area contributed by atoms with Crippen molar-refractivity contribution in [1.29, 1.82) is 0 Å². The molecule has 0 radical (unpaired) electrons. The Labute approximate surface area is 130 Å². The van der Waals surface area contributed by atoms with E-state index in [2.05, 4.69) is 0 Å². The van der Waals surface area contributed by atoms with Crippen molar-refractivity contribution in [1.82, 2.24) is 4.31 Å². The minimum absolute atomic E-state index is 0. The molecule has 1 saturated heterocycles. The Bertz CT molecular complexity index is 583. The van der Waals surface area contributed by atoms with E-state index in [0.29, 0.717) is 19.6 Å². The highest BCUT2D eigenvalue weighted by Gasteiger charge is 2.30. The zero-order chi connectivity index (χ0) is 14.8. The number of ether oxygens (including phenoxy) is 1. The molecule has 0 aromatic heterocycles. The maximum absolute atomic E-state index is 13.7. The van der Waals surface area contributed by atoms with Crippen LogP contribution in [-0.2, 0) is 10.0 Å². The van der Waals surface area contributed by atoms with Crippen LogP contribution in [0.1, 0.15) is 12.8 Å². The molecule has 1 heterocycles. The smallest absolute Gasteiger partial charge is 0.243 e. The Balaban J connectivity index is 0.00000220. The Hall–Kier alpha value is -0.890. The summed E-state index contributed by atoms with van der Waals surface area (Å²) in [5.41, 5.74) is 5.61. The van der Waals surface area contributed by atoms with Crippen LogP contribution in [-0.4, -0.2) is 39.5 Å². The molecule has 2 N–H and O–H groups in total. The van der Waals surface area contributed by atoms with E-state index in [1.807, 2.05) is 0 Å². The summed E-state index contributed by atoms with van der Waals surface area (Å²) in [5, 5.41) is 0. The topological polar surface area (TPSA) is 72.6 Å². The summed E-state index contributed by atoms with van der Waals surface area (Å²) in [6.45, 7) is 1.31. The summed E-state index contributed by atoms with van der Waals surface area (Å²) in [6, 6.07) is 3.69. The fourth-order valence-corrected chi connectivity index (χ4v) is 3.96. The first-order chi connectivity index (χ1) is 9.48. The molecule has 0 saturated carbocycles. The predicted molar refractivity (Wildman–Crippen MR) is 80.7 cm³/mol. The first-order valence-electron chi connectivity index (χ1n) is 6.52. The van der Waals surface area contributed by atoms with Gasteiger partial charge in [-0.15, -0.1) is 12.4 Å². The van der Waals surface area contributed by atoms with Crippen LogP contribution in [0.2, 0.25) is 0 Å². The number of rotatable bonds is 4. The van der Waals surface area contributed by atoms with E-state index in [4.69, 9.17) is 10.5 Å². The number of hydrogen-bond donors (Lipinski definition) is 1. The predicted octanol–water partition coefficient (Wildman–Crippen LogP) is 1.62. The number of methoxy groups -OCH3 is 1. The lowest BCUT2D eigenvalue weighted by atomic mass is 10.0. The number of hydrogen-bond acceptors (Lipinski definition) is 4. The van der Waals surface area contributed by atoms with Gasteiger partial charge in [-0.3, -0.25) is 0 Å². The third kappa shape index (κ3) is 3.85. The molecular formula is C13H20ClFN2O3S. The van der Waals surface area contributed by atoms with Crippen molar-refractivity contribution in [3.63, 3.8) is 0 Å². The van der Waals surface area contributed by atoms with Gasteiger partial charge in [0, 0.05) is 13.1 Å². The second-order valence-electron chi connectivity index (χ2n) is 4.90. The summed E-state index contributed by atoms with van der Waals surface area (Å²) >= 11 is 0. The summed E-state index contributed by atoms with van der Waals surface area (Å²) in [4.78, 5) is -0.0477. The molecule has 1 unspecified atom stereocenters. The van der Waals surface area contributed by atoms with Gasteiger partial charge in [-0.2, -0.15) is 4.31 Å². The second kappa shape index (κ2) is 7.40. The molecule has 0 spiro atoms. The van der Waals surface area contributed by atoms with Gasteiger partial charge in [0.15, 0.2) is 11.6 Å². The quantitative estimate of drug-likeness (QED) is 0.905. The molecule has 2 rings (SSSR count). The highest BCUT2D eigenvalue weighted by Crippen LogP contribution is 2.26. The first-order valence-corrected chi connectivity index (χ1v) is 7.96. The molecule has 120 valence electrons. The van der Waals surface area contributed by atoms with Crippen molar-refractivity contribution in [2.75, 3.05) is 26.7 Å². The fraction of sp³-hybridized carbons (Fsp3) is 0.538. The maximum atomic E-state index is 13.7. The van der Waals surface area contributed by atoms with Crippen LogP contribution in [0.4, 0.5) is 4.39 Å². The highest BCUT2D eigenvalue weighted by atomic mass is 35.5. The molecule has 5 nitrogen and oxygen atoms in total. The van der Waals surface area contributed by atoms with Crippen molar-refractivity contribution in [3.05, 3.63) is 24.0 Å². The van der Waals surface area contributed by atoms with Crippen molar-refractivity contribution >= 4 is 22.4 Å². The SMILES string of the molecule is COc1ccc(S(=O)(=O)N2CCCC(CN)C2)cc1F.Cl. The highest BCUT2D eigenvalue weighted by molar-refractivity contribution is 7.89. The number of piperidine rings is 1. The fourth-order valence-electron chi connectivity index (χ4n) is 2.39. The van der Waals surface area contributed by atoms with Crippen molar-refractivity contribution < 1.29 is 17.5 Å². The molecular weight excluding hydrogens is 319 g/mol. The number of nitrogens with zero attached hydrogens (tertiary/aromatic N) is 1. The maximum Gasteiger partial charge on any atom is 0.243 e. The lowest BCUT2D eigenvalue weighted by Crippen LogP contribution is -2.41. The zero-order valence-electron chi connectivity index (χ0n) is 11.8. The number of benzene rings is 1. The van der Waals surface area contributed by atoms with Gasteiger partial charge in [0.2, 0.25) is 10.0 Å². The Kier molecular flexibility index (Phi) is 6.40. The lowest BCUT2D eigenvalue weighted by Gasteiger charge is -2.31. The Morgan fingerprint density at radius 1 is 1.48 bits per heavy atom.